The number of hydrogen-bond donors (Lipinski definition) is 0. The van der Waals surface area contributed by atoms with E-state index in [-0.39, 0.29) is 0 Å². The summed E-state index contributed by atoms with van der Waals surface area (Å²) >= 11 is 0. The average molecular weight is 269 g/mol. The third-order valence-electron chi connectivity index (χ3n) is 4.87. The predicted octanol–water partition coefficient (Wildman–Crippen LogP) is 6.79. The minimum atomic E-state index is 0.852. The van der Waals surface area contributed by atoms with Gasteiger partial charge >= 0.3 is 0 Å². The van der Waals surface area contributed by atoms with Crippen LogP contribution in [0.5, 0.6) is 0 Å². The van der Waals surface area contributed by atoms with E-state index in [4.69, 9.17) is 0 Å². The van der Waals surface area contributed by atoms with Gasteiger partial charge in [0.2, 0.25) is 0 Å². The highest BCUT2D eigenvalue weighted by Crippen LogP contribution is 2.29. The number of hydrogen-bond acceptors (Lipinski definition) is 0. The second kappa shape index (κ2) is 9.83. The van der Waals surface area contributed by atoms with Gasteiger partial charge in [0.25, 0.3) is 0 Å². The molecule has 0 bridgehead atoms. The summed E-state index contributed by atoms with van der Waals surface area (Å²) in [4.78, 5) is 0. The molecule has 0 aliphatic carbocycles. The van der Waals surface area contributed by atoms with Crippen molar-refractivity contribution in [3.63, 3.8) is 0 Å². The smallest absolute Gasteiger partial charge is 0.0415 e. The Labute approximate surface area is 123 Å². The van der Waals surface area contributed by atoms with Crippen LogP contribution >= 0.6 is 0 Å². The Kier molecular flexibility index (Phi) is 9.83. The molecule has 0 amide bonds. The third kappa shape index (κ3) is 9.52. The van der Waals surface area contributed by atoms with Gasteiger partial charge in [-0.1, -0.05) is 61.8 Å². The van der Waals surface area contributed by atoms with E-state index in [0.29, 0.717) is 0 Å². The lowest BCUT2D eigenvalue weighted by molar-refractivity contribution is 0.258. The average Bonchev–Trinajstić information content (AvgIpc) is 2.25. The topological polar surface area (TPSA) is 0 Å². The van der Waals surface area contributed by atoms with Crippen molar-refractivity contribution >= 4 is 0 Å². The Balaban J connectivity index is 3.94. The van der Waals surface area contributed by atoms with Crippen LogP contribution in [0.3, 0.4) is 0 Å². The van der Waals surface area contributed by atoms with Crippen molar-refractivity contribution in [2.45, 2.75) is 87.5 Å². The monoisotopic (exact) mass is 268 g/mol. The molecule has 0 aromatic rings. The van der Waals surface area contributed by atoms with Gasteiger partial charge in [-0.3, -0.25) is 0 Å². The molecule has 0 rings (SSSR count). The third-order valence-corrected chi connectivity index (χ3v) is 4.87. The normalized spacial score (nSPS) is 20.1. The molecule has 5 unspecified atom stereocenters. The molecule has 0 fully saturated rings. The van der Waals surface area contributed by atoms with Gasteiger partial charge in [-0.05, 0) is 61.2 Å². The minimum Gasteiger partial charge on any atom is -0.0651 e. The Bertz CT molecular complexity index is 206. The van der Waals surface area contributed by atoms with Crippen LogP contribution in [0.2, 0.25) is 0 Å². The van der Waals surface area contributed by atoms with E-state index < -0.39 is 0 Å². The zero-order valence-corrected chi connectivity index (χ0v) is 15.0. The second-order valence-electron chi connectivity index (χ2n) is 8.01. The molecule has 0 aliphatic rings. The maximum atomic E-state index is 2.46. The summed E-state index contributed by atoms with van der Waals surface area (Å²) in [6.45, 7) is 19.2. The maximum absolute atomic E-state index is 2.46. The van der Waals surface area contributed by atoms with Crippen molar-refractivity contribution < 1.29 is 0 Å². The molecule has 0 radical (unpaired) electrons. The fraction of sp³-hybridized carbons (Fsp3) is 1.00. The molecule has 0 heteroatoms. The highest BCUT2D eigenvalue weighted by Gasteiger charge is 2.17. The van der Waals surface area contributed by atoms with Gasteiger partial charge in [-0.2, -0.15) is 0 Å². The largest absolute Gasteiger partial charge is 0.0651 e. The van der Waals surface area contributed by atoms with Crippen molar-refractivity contribution in [3.8, 4) is 0 Å². The van der Waals surface area contributed by atoms with Gasteiger partial charge < -0.3 is 0 Å². The molecule has 0 aliphatic heterocycles. The highest BCUT2D eigenvalue weighted by atomic mass is 14.2. The van der Waals surface area contributed by atoms with E-state index in [1.807, 2.05) is 0 Å². The second-order valence-corrected chi connectivity index (χ2v) is 8.01. The summed E-state index contributed by atoms with van der Waals surface area (Å²) in [5.41, 5.74) is 0. The summed E-state index contributed by atoms with van der Waals surface area (Å²) in [6, 6.07) is 0. The molecular weight excluding hydrogens is 228 g/mol. The highest BCUT2D eigenvalue weighted by molar-refractivity contribution is 4.69. The molecule has 116 valence electrons. The van der Waals surface area contributed by atoms with Crippen LogP contribution in [0.15, 0.2) is 0 Å². The van der Waals surface area contributed by atoms with Crippen LogP contribution in [0.1, 0.15) is 87.5 Å². The summed E-state index contributed by atoms with van der Waals surface area (Å²) in [5.74, 6) is 5.32. The van der Waals surface area contributed by atoms with Crippen LogP contribution in [0.4, 0.5) is 0 Å². The predicted molar refractivity (Wildman–Crippen MR) is 89.4 cm³/mol. The molecule has 19 heavy (non-hydrogen) atoms. The van der Waals surface area contributed by atoms with Gasteiger partial charge in [0, 0.05) is 0 Å². The molecular formula is C19H40. The van der Waals surface area contributed by atoms with Crippen LogP contribution < -0.4 is 0 Å². The fourth-order valence-corrected chi connectivity index (χ4v) is 3.74. The Morgan fingerprint density at radius 1 is 0.526 bits per heavy atom. The number of rotatable bonds is 10. The minimum absolute atomic E-state index is 0.852. The molecule has 0 saturated carbocycles. The van der Waals surface area contributed by atoms with Gasteiger partial charge in [0.1, 0.15) is 0 Å². The van der Waals surface area contributed by atoms with Gasteiger partial charge in [-0.25, -0.2) is 0 Å². The zero-order valence-electron chi connectivity index (χ0n) is 15.0. The summed E-state index contributed by atoms with van der Waals surface area (Å²) < 4.78 is 0. The van der Waals surface area contributed by atoms with Crippen LogP contribution in [-0.4, -0.2) is 0 Å². The van der Waals surface area contributed by atoms with Gasteiger partial charge in [0.05, 0.1) is 0 Å². The SMILES string of the molecule is CCC(C)C(C)CC(C)CC(C)CC(C)CC(C)C. The molecule has 0 saturated heterocycles. The molecule has 0 aromatic carbocycles. The first-order chi connectivity index (χ1) is 8.76. The van der Waals surface area contributed by atoms with Crippen molar-refractivity contribution in [2.75, 3.05) is 0 Å². The molecule has 5 atom stereocenters. The van der Waals surface area contributed by atoms with E-state index >= 15 is 0 Å². The first-order valence-corrected chi connectivity index (χ1v) is 8.76. The summed E-state index contributed by atoms with van der Waals surface area (Å²) in [7, 11) is 0. The first-order valence-electron chi connectivity index (χ1n) is 8.76. The van der Waals surface area contributed by atoms with E-state index in [0.717, 1.165) is 35.5 Å². The molecule has 0 N–H and O–H groups in total. The van der Waals surface area contributed by atoms with E-state index in [2.05, 4.69) is 55.4 Å². The van der Waals surface area contributed by atoms with Crippen molar-refractivity contribution in [1.82, 2.24) is 0 Å². The van der Waals surface area contributed by atoms with Crippen LogP contribution in [0, 0.1) is 35.5 Å². The lowest BCUT2D eigenvalue weighted by Gasteiger charge is -2.25. The molecule has 0 nitrogen and oxygen atoms in total. The van der Waals surface area contributed by atoms with E-state index in [9.17, 15) is 0 Å². The zero-order chi connectivity index (χ0) is 15.0. The van der Waals surface area contributed by atoms with Crippen molar-refractivity contribution in [2.24, 2.45) is 35.5 Å². The molecule has 0 aromatic heterocycles. The molecule has 0 heterocycles. The lowest BCUT2D eigenvalue weighted by Crippen LogP contribution is -2.14. The van der Waals surface area contributed by atoms with Crippen LogP contribution in [-0.2, 0) is 0 Å². The van der Waals surface area contributed by atoms with E-state index in [1.165, 1.54) is 32.1 Å². The summed E-state index contributed by atoms with van der Waals surface area (Å²) in [6.07, 6.45) is 6.97. The van der Waals surface area contributed by atoms with Crippen molar-refractivity contribution in [1.29, 1.82) is 0 Å². The van der Waals surface area contributed by atoms with Gasteiger partial charge in [0.15, 0.2) is 0 Å². The maximum Gasteiger partial charge on any atom is -0.0415 e. The standard InChI is InChI=1S/C19H40/c1-9-18(7)19(8)13-17(6)12-16(5)11-15(4)10-14(2)3/h14-19H,9-13H2,1-8H3. The van der Waals surface area contributed by atoms with Gasteiger partial charge in [-0.15, -0.1) is 0 Å². The first kappa shape index (κ1) is 19.0. The Morgan fingerprint density at radius 3 is 1.37 bits per heavy atom. The molecule has 0 spiro atoms. The Morgan fingerprint density at radius 2 is 0.947 bits per heavy atom. The Hall–Kier alpha value is 0. The summed E-state index contributed by atoms with van der Waals surface area (Å²) in [5, 5.41) is 0. The van der Waals surface area contributed by atoms with Crippen LogP contribution in [0.25, 0.3) is 0 Å². The lowest BCUT2D eigenvalue weighted by atomic mass is 9.80. The quantitative estimate of drug-likeness (QED) is 0.409. The van der Waals surface area contributed by atoms with E-state index in [1.54, 1.807) is 0 Å². The fourth-order valence-electron chi connectivity index (χ4n) is 3.74. The van der Waals surface area contributed by atoms with Crippen molar-refractivity contribution in [3.05, 3.63) is 0 Å².